The lowest BCUT2D eigenvalue weighted by atomic mass is 10.1. The van der Waals surface area contributed by atoms with Crippen LogP contribution in [0.3, 0.4) is 0 Å². The Morgan fingerprint density at radius 1 is 1.03 bits per heavy atom. The van der Waals surface area contributed by atoms with Gasteiger partial charge in [0.1, 0.15) is 23.9 Å². The zero-order valence-electron chi connectivity index (χ0n) is 18.0. The van der Waals surface area contributed by atoms with Crippen LogP contribution < -0.4 is 10.2 Å². The van der Waals surface area contributed by atoms with Gasteiger partial charge in [-0.15, -0.1) is 0 Å². The Balaban J connectivity index is 1.30. The Kier molecular flexibility index (Phi) is 7.45. The van der Waals surface area contributed by atoms with Gasteiger partial charge in [-0.2, -0.15) is 5.10 Å². The van der Waals surface area contributed by atoms with Gasteiger partial charge in [-0.3, -0.25) is 14.9 Å². The van der Waals surface area contributed by atoms with Crippen molar-refractivity contribution in [3.63, 3.8) is 0 Å². The number of hydrazone groups is 1. The lowest BCUT2D eigenvalue weighted by molar-refractivity contribution is -0.384. The molecule has 10 heteroatoms. The second-order valence-corrected chi connectivity index (χ2v) is 8.10. The lowest BCUT2D eigenvalue weighted by Gasteiger charge is -2.08. The smallest absolute Gasteiger partial charge is 0.271 e. The highest BCUT2D eigenvalue weighted by atomic mass is 35.5. The molecule has 1 heterocycles. The third kappa shape index (κ3) is 6.26. The summed E-state index contributed by atoms with van der Waals surface area (Å²) in [4.78, 5) is 22.6. The van der Waals surface area contributed by atoms with Crippen molar-refractivity contribution in [1.29, 1.82) is 0 Å². The predicted octanol–water partition coefficient (Wildman–Crippen LogP) is 6.50. The first-order valence-electron chi connectivity index (χ1n) is 10.2. The Bertz CT molecular complexity index is 1380. The first-order valence-corrected chi connectivity index (χ1v) is 11.0. The SMILES string of the molecule is O=C(N/N=C\c1ccc(-c2ccc([N+](=O)[O-])cc2)o1)c1ccc(OCc2ccc(Cl)cc2Cl)cc1. The standard InChI is InChI=1S/C25H17Cl2N3O5/c26-19-6-1-18(23(27)13-19)15-34-21-9-4-17(5-10-21)25(31)29-28-14-22-11-12-24(35-22)16-2-7-20(8-3-16)30(32)33/h1-14H,15H2,(H,29,31)/b28-14-. The van der Waals surface area contributed by atoms with Crippen molar-refractivity contribution in [2.24, 2.45) is 5.10 Å². The molecule has 0 saturated carbocycles. The van der Waals surface area contributed by atoms with Crippen LogP contribution >= 0.6 is 23.2 Å². The molecule has 35 heavy (non-hydrogen) atoms. The molecule has 0 radical (unpaired) electrons. The number of nitrogens with one attached hydrogen (secondary N) is 1. The molecule has 176 valence electrons. The molecule has 8 nitrogen and oxygen atoms in total. The molecule has 0 fully saturated rings. The number of carbonyl (C=O) groups is 1. The normalized spacial score (nSPS) is 10.9. The van der Waals surface area contributed by atoms with Crippen LogP contribution in [0.5, 0.6) is 5.75 Å². The average molecular weight is 510 g/mol. The van der Waals surface area contributed by atoms with E-state index in [9.17, 15) is 14.9 Å². The molecule has 4 aromatic rings. The summed E-state index contributed by atoms with van der Waals surface area (Å²) in [5.41, 5.74) is 4.29. The summed E-state index contributed by atoms with van der Waals surface area (Å²) in [6, 6.07) is 21.1. The summed E-state index contributed by atoms with van der Waals surface area (Å²) in [6.07, 6.45) is 1.36. The number of rotatable bonds is 8. The molecule has 0 unspecified atom stereocenters. The van der Waals surface area contributed by atoms with Crippen molar-refractivity contribution < 1.29 is 18.9 Å². The zero-order chi connectivity index (χ0) is 24.8. The van der Waals surface area contributed by atoms with Gasteiger partial charge in [-0.25, -0.2) is 5.43 Å². The molecule has 1 aromatic heterocycles. The molecule has 0 atom stereocenters. The number of nitrogens with zero attached hydrogens (tertiary/aromatic N) is 2. The minimum atomic E-state index is -0.468. The van der Waals surface area contributed by atoms with E-state index in [1.165, 1.54) is 18.3 Å². The predicted molar refractivity (Wildman–Crippen MR) is 133 cm³/mol. The van der Waals surface area contributed by atoms with Gasteiger partial charge in [-0.05, 0) is 60.7 Å². The Hall–Kier alpha value is -4.14. The molecular weight excluding hydrogens is 493 g/mol. The van der Waals surface area contributed by atoms with E-state index in [1.807, 2.05) is 0 Å². The Labute approximate surface area is 209 Å². The molecule has 4 rings (SSSR count). The van der Waals surface area contributed by atoms with E-state index in [4.69, 9.17) is 32.4 Å². The van der Waals surface area contributed by atoms with Crippen LogP contribution in [0, 0.1) is 10.1 Å². The van der Waals surface area contributed by atoms with E-state index < -0.39 is 10.8 Å². The van der Waals surface area contributed by atoms with Gasteiger partial charge >= 0.3 is 0 Å². The number of non-ortho nitro benzene ring substituents is 1. The number of ether oxygens (including phenoxy) is 1. The zero-order valence-corrected chi connectivity index (χ0v) is 19.5. The van der Waals surface area contributed by atoms with Gasteiger partial charge in [0, 0.05) is 38.9 Å². The lowest BCUT2D eigenvalue weighted by Crippen LogP contribution is -2.17. The molecular formula is C25H17Cl2N3O5. The maximum Gasteiger partial charge on any atom is 0.271 e. The summed E-state index contributed by atoms with van der Waals surface area (Å²) >= 11 is 12.0. The molecule has 0 aliphatic heterocycles. The van der Waals surface area contributed by atoms with Gasteiger partial charge in [0.25, 0.3) is 11.6 Å². The number of furan rings is 1. The molecule has 0 aliphatic carbocycles. The topological polar surface area (TPSA) is 107 Å². The first kappa shape index (κ1) is 24.0. The van der Waals surface area contributed by atoms with E-state index in [0.717, 1.165) is 5.56 Å². The molecule has 0 aliphatic rings. The fourth-order valence-electron chi connectivity index (χ4n) is 3.05. The number of carbonyl (C=O) groups excluding carboxylic acids is 1. The van der Waals surface area contributed by atoms with Crippen LogP contribution in [0.1, 0.15) is 21.7 Å². The van der Waals surface area contributed by atoms with Crippen LogP contribution in [-0.4, -0.2) is 17.0 Å². The van der Waals surface area contributed by atoms with E-state index in [1.54, 1.807) is 66.7 Å². The van der Waals surface area contributed by atoms with E-state index in [2.05, 4.69) is 10.5 Å². The number of halogens is 2. The summed E-state index contributed by atoms with van der Waals surface area (Å²) in [7, 11) is 0. The fraction of sp³-hybridized carbons (Fsp3) is 0.0400. The minimum absolute atomic E-state index is 0.00430. The van der Waals surface area contributed by atoms with Gasteiger partial charge < -0.3 is 9.15 Å². The third-order valence-electron chi connectivity index (χ3n) is 4.87. The Morgan fingerprint density at radius 2 is 1.77 bits per heavy atom. The largest absolute Gasteiger partial charge is 0.489 e. The maximum atomic E-state index is 12.3. The van der Waals surface area contributed by atoms with Crippen molar-refractivity contribution in [1.82, 2.24) is 5.43 Å². The quantitative estimate of drug-likeness (QED) is 0.165. The average Bonchev–Trinajstić information content (AvgIpc) is 3.33. The van der Waals surface area contributed by atoms with E-state index in [0.29, 0.717) is 38.4 Å². The van der Waals surface area contributed by atoms with Gasteiger partial charge in [0.15, 0.2) is 0 Å². The molecule has 0 spiro atoms. The summed E-state index contributed by atoms with van der Waals surface area (Å²) in [6.45, 7) is 0.261. The molecule has 1 amide bonds. The molecule has 1 N–H and O–H groups in total. The van der Waals surface area contributed by atoms with Crippen LogP contribution in [0.4, 0.5) is 5.69 Å². The van der Waals surface area contributed by atoms with Crippen LogP contribution in [0.25, 0.3) is 11.3 Å². The van der Waals surface area contributed by atoms with Gasteiger partial charge in [0.2, 0.25) is 0 Å². The van der Waals surface area contributed by atoms with Crippen LogP contribution in [0.2, 0.25) is 10.0 Å². The number of hydrogen-bond acceptors (Lipinski definition) is 6. The second-order valence-electron chi connectivity index (χ2n) is 7.25. The number of nitro benzene ring substituents is 1. The molecule has 0 bridgehead atoms. The van der Waals surface area contributed by atoms with Crippen molar-refractivity contribution in [2.75, 3.05) is 0 Å². The van der Waals surface area contributed by atoms with Crippen molar-refractivity contribution in [2.45, 2.75) is 6.61 Å². The highest BCUT2D eigenvalue weighted by molar-refractivity contribution is 6.35. The van der Waals surface area contributed by atoms with E-state index >= 15 is 0 Å². The first-order chi connectivity index (χ1) is 16.9. The maximum absolute atomic E-state index is 12.3. The van der Waals surface area contributed by atoms with Crippen molar-refractivity contribution in [3.8, 4) is 17.1 Å². The summed E-state index contributed by atoms with van der Waals surface area (Å²) in [5, 5.41) is 15.7. The number of benzene rings is 3. The van der Waals surface area contributed by atoms with Gasteiger partial charge in [-0.1, -0.05) is 29.3 Å². The van der Waals surface area contributed by atoms with Crippen molar-refractivity contribution >= 4 is 41.0 Å². The fourth-order valence-corrected chi connectivity index (χ4v) is 3.51. The second kappa shape index (κ2) is 10.9. The monoisotopic (exact) mass is 509 g/mol. The summed E-state index contributed by atoms with van der Waals surface area (Å²) < 4.78 is 11.4. The number of nitro groups is 1. The number of hydrogen-bond donors (Lipinski definition) is 1. The molecule has 3 aromatic carbocycles. The minimum Gasteiger partial charge on any atom is -0.489 e. The van der Waals surface area contributed by atoms with E-state index in [-0.39, 0.29) is 12.3 Å². The van der Waals surface area contributed by atoms with Crippen LogP contribution in [0.15, 0.2) is 88.4 Å². The number of amides is 1. The van der Waals surface area contributed by atoms with Gasteiger partial charge in [0.05, 0.1) is 11.1 Å². The third-order valence-corrected chi connectivity index (χ3v) is 5.46. The Morgan fingerprint density at radius 3 is 2.46 bits per heavy atom. The van der Waals surface area contributed by atoms with Crippen molar-refractivity contribution in [3.05, 3.63) is 116 Å². The van der Waals surface area contributed by atoms with Crippen LogP contribution in [-0.2, 0) is 6.61 Å². The summed E-state index contributed by atoms with van der Waals surface area (Å²) in [5.74, 6) is 1.09. The molecule has 0 saturated heterocycles. The highest BCUT2D eigenvalue weighted by Gasteiger charge is 2.09. The highest BCUT2D eigenvalue weighted by Crippen LogP contribution is 2.24.